The van der Waals surface area contributed by atoms with Crippen molar-refractivity contribution in [2.75, 3.05) is 11.9 Å². The number of nitrogens with zero attached hydrogens (tertiary/aromatic N) is 1. The molecule has 3 aliphatic rings. The average Bonchev–Trinajstić information content (AvgIpc) is 3.03. The molecule has 1 saturated carbocycles. The second kappa shape index (κ2) is 13.8. The molecule has 2 heterocycles. The van der Waals surface area contributed by atoms with Crippen LogP contribution in [0.25, 0.3) is 0 Å². The second-order valence-corrected chi connectivity index (χ2v) is 11.1. The summed E-state index contributed by atoms with van der Waals surface area (Å²) in [4.78, 5) is 38.3. The zero-order valence-electron chi connectivity index (χ0n) is 22.0. The Labute approximate surface area is 217 Å². The summed E-state index contributed by atoms with van der Waals surface area (Å²) >= 11 is 0. The minimum absolute atomic E-state index is 0.114. The Morgan fingerprint density at radius 1 is 0.833 bits per heavy atom. The second-order valence-electron chi connectivity index (χ2n) is 11.1. The van der Waals surface area contributed by atoms with E-state index >= 15 is 0 Å². The molecule has 0 bridgehead atoms. The Morgan fingerprint density at radius 3 is 2.25 bits per heavy atom. The topological polar surface area (TPSA) is 78.5 Å². The van der Waals surface area contributed by atoms with Crippen LogP contribution in [-0.4, -0.2) is 35.2 Å². The number of nitrogens with one attached hydrogen (secondary N) is 2. The van der Waals surface area contributed by atoms with Crippen LogP contribution in [0.2, 0.25) is 0 Å². The normalized spacial score (nSPS) is 20.8. The maximum Gasteiger partial charge on any atom is 0.255 e. The van der Waals surface area contributed by atoms with Gasteiger partial charge in [-0.3, -0.25) is 19.7 Å². The third-order valence-corrected chi connectivity index (χ3v) is 8.41. The van der Waals surface area contributed by atoms with Gasteiger partial charge >= 0.3 is 0 Å². The fourth-order valence-corrected chi connectivity index (χ4v) is 6.25. The van der Waals surface area contributed by atoms with E-state index in [2.05, 4.69) is 10.6 Å². The van der Waals surface area contributed by atoms with Crippen molar-refractivity contribution in [1.82, 2.24) is 10.2 Å². The maximum absolute atomic E-state index is 12.9. The van der Waals surface area contributed by atoms with Crippen molar-refractivity contribution in [3.63, 3.8) is 0 Å². The van der Waals surface area contributed by atoms with Gasteiger partial charge in [0.25, 0.3) is 5.91 Å². The third kappa shape index (κ3) is 7.33. The van der Waals surface area contributed by atoms with Gasteiger partial charge in [0.05, 0.1) is 0 Å². The predicted molar refractivity (Wildman–Crippen MR) is 144 cm³/mol. The fourth-order valence-electron chi connectivity index (χ4n) is 6.25. The van der Waals surface area contributed by atoms with E-state index in [0.29, 0.717) is 18.5 Å². The van der Waals surface area contributed by atoms with Gasteiger partial charge in [-0.15, -0.1) is 0 Å². The molecule has 36 heavy (non-hydrogen) atoms. The summed E-state index contributed by atoms with van der Waals surface area (Å²) in [6.45, 7) is 1.31. The van der Waals surface area contributed by atoms with E-state index in [9.17, 15) is 14.4 Å². The van der Waals surface area contributed by atoms with Crippen LogP contribution in [0.3, 0.4) is 0 Å². The molecule has 2 aliphatic heterocycles. The number of benzene rings is 1. The molecule has 1 aliphatic carbocycles. The van der Waals surface area contributed by atoms with Crippen molar-refractivity contribution in [2.45, 2.75) is 122 Å². The highest BCUT2D eigenvalue weighted by atomic mass is 16.2. The van der Waals surface area contributed by atoms with Gasteiger partial charge in [-0.25, -0.2) is 0 Å². The Kier molecular flexibility index (Phi) is 10.2. The van der Waals surface area contributed by atoms with E-state index in [0.717, 1.165) is 30.1 Å². The van der Waals surface area contributed by atoms with Crippen LogP contribution in [-0.2, 0) is 16.1 Å². The standard InChI is InChI=1S/C30H45N3O3/c34-28-20-19-27(29(35)32-28)33-22-25-24(30(33)36)17-13-18-26(25)31-21-12-8-4-2-1-3-5-9-14-23-15-10-6-7-11-16-23/h13,17-18,23,27,31H,1-12,14-16,19-22H2,(H,32,34,35). The van der Waals surface area contributed by atoms with Crippen LogP contribution in [0.1, 0.15) is 125 Å². The molecule has 1 aromatic rings. The van der Waals surface area contributed by atoms with Crippen LogP contribution >= 0.6 is 0 Å². The first-order chi connectivity index (χ1) is 17.6. The number of imide groups is 1. The zero-order valence-corrected chi connectivity index (χ0v) is 22.0. The molecule has 2 fully saturated rings. The summed E-state index contributed by atoms with van der Waals surface area (Å²) in [5.41, 5.74) is 2.63. The summed E-state index contributed by atoms with van der Waals surface area (Å²) in [6.07, 6.45) is 21.5. The molecule has 2 N–H and O–H groups in total. The first-order valence-corrected chi connectivity index (χ1v) is 14.6. The zero-order chi connectivity index (χ0) is 25.2. The maximum atomic E-state index is 12.9. The van der Waals surface area contributed by atoms with Gasteiger partial charge < -0.3 is 10.2 Å². The molecule has 1 unspecified atom stereocenters. The van der Waals surface area contributed by atoms with Gasteiger partial charge in [-0.1, -0.05) is 96.0 Å². The molecule has 198 valence electrons. The first kappa shape index (κ1) is 26.7. The van der Waals surface area contributed by atoms with E-state index in [4.69, 9.17) is 0 Å². The molecular formula is C30H45N3O3. The predicted octanol–water partition coefficient (Wildman–Crippen LogP) is 6.34. The Bertz CT molecular complexity index is 891. The summed E-state index contributed by atoms with van der Waals surface area (Å²) in [7, 11) is 0. The van der Waals surface area contributed by atoms with Gasteiger partial charge in [0.1, 0.15) is 6.04 Å². The van der Waals surface area contributed by atoms with Crippen LogP contribution in [0.4, 0.5) is 5.69 Å². The molecule has 6 heteroatoms. The van der Waals surface area contributed by atoms with Gasteiger partial charge in [0.15, 0.2) is 0 Å². The lowest BCUT2D eigenvalue weighted by molar-refractivity contribution is -0.136. The Hall–Kier alpha value is -2.37. The molecule has 6 nitrogen and oxygen atoms in total. The number of rotatable bonds is 13. The summed E-state index contributed by atoms with van der Waals surface area (Å²) in [5.74, 6) is 0.288. The number of amides is 3. The van der Waals surface area contributed by atoms with Crippen molar-refractivity contribution in [2.24, 2.45) is 5.92 Å². The fraction of sp³-hybridized carbons (Fsp3) is 0.700. The summed E-state index contributed by atoms with van der Waals surface area (Å²) in [6, 6.07) is 5.20. The van der Waals surface area contributed by atoms with E-state index in [1.54, 1.807) is 4.90 Å². The minimum Gasteiger partial charge on any atom is -0.385 e. The molecule has 1 saturated heterocycles. The van der Waals surface area contributed by atoms with Crippen molar-refractivity contribution >= 4 is 23.4 Å². The van der Waals surface area contributed by atoms with Crippen LogP contribution in [0.5, 0.6) is 0 Å². The lowest BCUT2D eigenvalue weighted by Gasteiger charge is -2.29. The third-order valence-electron chi connectivity index (χ3n) is 8.41. The number of hydrogen-bond donors (Lipinski definition) is 2. The molecule has 0 aromatic heterocycles. The number of hydrogen-bond acceptors (Lipinski definition) is 4. The quantitative estimate of drug-likeness (QED) is 0.190. The molecule has 4 rings (SSSR count). The first-order valence-electron chi connectivity index (χ1n) is 14.6. The SMILES string of the molecule is O=C1CCC(N2Cc3c(NCCCCCCCCCCC4CCCCCC4)cccc3C2=O)C(=O)N1. The highest BCUT2D eigenvalue weighted by Gasteiger charge is 2.39. The number of piperidine rings is 1. The number of carbonyl (C=O) groups excluding carboxylic acids is 3. The Balaban J connectivity index is 1.08. The van der Waals surface area contributed by atoms with E-state index in [-0.39, 0.29) is 24.1 Å². The average molecular weight is 496 g/mol. The number of unbranched alkanes of at least 4 members (excludes halogenated alkanes) is 7. The molecule has 1 aromatic carbocycles. The molecular weight excluding hydrogens is 450 g/mol. The van der Waals surface area contributed by atoms with E-state index < -0.39 is 6.04 Å². The number of carbonyl (C=O) groups is 3. The molecule has 0 spiro atoms. The van der Waals surface area contributed by atoms with Crippen molar-refractivity contribution in [3.05, 3.63) is 29.3 Å². The van der Waals surface area contributed by atoms with Crippen molar-refractivity contribution in [3.8, 4) is 0 Å². The van der Waals surface area contributed by atoms with Crippen LogP contribution < -0.4 is 10.6 Å². The summed E-state index contributed by atoms with van der Waals surface area (Å²) in [5, 5.41) is 5.90. The van der Waals surface area contributed by atoms with E-state index in [1.807, 2.05) is 18.2 Å². The van der Waals surface area contributed by atoms with Gasteiger partial charge in [0.2, 0.25) is 11.8 Å². The van der Waals surface area contributed by atoms with Gasteiger partial charge in [0, 0.05) is 36.3 Å². The largest absolute Gasteiger partial charge is 0.385 e. The molecule has 0 radical (unpaired) electrons. The minimum atomic E-state index is -0.563. The smallest absolute Gasteiger partial charge is 0.255 e. The van der Waals surface area contributed by atoms with Gasteiger partial charge in [-0.2, -0.15) is 0 Å². The van der Waals surface area contributed by atoms with Crippen molar-refractivity contribution in [1.29, 1.82) is 0 Å². The lowest BCUT2D eigenvalue weighted by Crippen LogP contribution is -2.52. The lowest BCUT2D eigenvalue weighted by atomic mass is 9.93. The molecule has 3 amide bonds. The highest BCUT2D eigenvalue weighted by molar-refractivity contribution is 6.06. The van der Waals surface area contributed by atoms with Crippen LogP contribution in [0, 0.1) is 5.92 Å². The summed E-state index contributed by atoms with van der Waals surface area (Å²) < 4.78 is 0. The van der Waals surface area contributed by atoms with Crippen LogP contribution in [0.15, 0.2) is 18.2 Å². The number of anilines is 1. The number of fused-ring (bicyclic) bond motifs is 1. The Morgan fingerprint density at radius 2 is 1.53 bits per heavy atom. The molecule has 1 atom stereocenters. The van der Waals surface area contributed by atoms with E-state index in [1.165, 1.54) is 89.9 Å². The highest BCUT2D eigenvalue weighted by Crippen LogP contribution is 2.32. The monoisotopic (exact) mass is 495 g/mol. The van der Waals surface area contributed by atoms with Gasteiger partial charge in [-0.05, 0) is 30.9 Å². The van der Waals surface area contributed by atoms with Crippen molar-refractivity contribution < 1.29 is 14.4 Å².